The van der Waals surface area contributed by atoms with E-state index in [9.17, 15) is 4.79 Å². The lowest BCUT2D eigenvalue weighted by Crippen LogP contribution is -2.06. The Labute approximate surface area is 87.5 Å². The summed E-state index contributed by atoms with van der Waals surface area (Å²) in [6.07, 6.45) is 1.73. The van der Waals surface area contributed by atoms with E-state index in [0.717, 1.165) is 5.56 Å². The smallest absolute Gasteiger partial charge is 0.305 e. The molecular weight excluding hydrogens is 204 g/mol. The summed E-state index contributed by atoms with van der Waals surface area (Å²) in [5.74, 6) is -0.538. The largest absolute Gasteiger partial charge is 0.481 e. The van der Waals surface area contributed by atoms with Gasteiger partial charge in [0.2, 0.25) is 0 Å². The van der Waals surface area contributed by atoms with Crippen molar-refractivity contribution in [2.75, 3.05) is 0 Å². The molecule has 1 heterocycles. The third kappa shape index (κ3) is 2.48. The van der Waals surface area contributed by atoms with Gasteiger partial charge in [0.25, 0.3) is 0 Å². The van der Waals surface area contributed by atoms with Crippen LogP contribution >= 0.6 is 11.6 Å². The van der Waals surface area contributed by atoms with Crippen molar-refractivity contribution in [3.05, 3.63) is 16.9 Å². The average molecular weight is 217 g/mol. The van der Waals surface area contributed by atoms with Crippen LogP contribution in [0.5, 0.6) is 0 Å². The van der Waals surface area contributed by atoms with Crippen LogP contribution in [0.25, 0.3) is 0 Å². The van der Waals surface area contributed by atoms with Crippen LogP contribution in [0.1, 0.15) is 31.7 Å². The quantitative estimate of drug-likeness (QED) is 0.839. The van der Waals surface area contributed by atoms with Gasteiger partial charge in [-0.25, -0.2) is 0 Å². The molecule has 0 radical (unpaired) electrons. The Balaban J connectivity index is 2.74. The van der Waals surface area contributed by atoms with E-state index in [4.69, 9.17) is 16.7 Å². The summed E-state index contributed by atoms with van der Waals surface area (Å²) in [4.78, 5) is 10.3. The molecule has 1 rings (SSSR count). The number of halogens is 1. The summed E-state index contributed by atoms with van der Waals surface area (Å²) in [6, 6.07) is 0. The van der Waals surface area contributed by atoms with E-state index in [0.29, 0.717) is 17.6 Å². The first-order chi connectivity index (χ1) is 6.52. The van der Waals surface area contributed by atoms with E-state index in [1.807, 2.05) is 13.8 Å². The molecule has 5 heteroatoms. The van der Waals surface area contributed by atoms with Crippen LogP contribution in [-0.4, -0.2) is 20.9 Å². The number of hydrogen-bond acceptors (Lipinski definition) is 2. The maximum Gasteiger partial charge on any atom is 0.305 e. The van der Waals surface area contributed by atoms with E-state index < -0.39 is 5.97 Å². The number of rotatable bonds is 4. The Morgan fingerprint density at radius 1 is 1.71 bits per heavy atom. The van der Waals surface area contributed by atoms with Crippen molar-refractivity contribution in [1.29, 1.82) is 0 Å². The number of hydrogen-bond donors (Lipinski definition) is 1. The molecule has 1 aromatic heterocycles. The van der Waals surface area contributed by atoms with Gasteiger partial charge in [-0.15, -0.1) is 0 Å². The highest BCUT2D eigenvalue weighted by Gasteiger charge is 2.11. The van der Waals surface area contributed by atoms with Gasteiger partial charge < -0.3 is 5.11 Å². The third-order valence-electron chi connectivity index (χ3n) is 1.96. The molecule has 0 atom stereocenters. The average Bonchev–Trinajstić information content (AvgIpc) is 2.43. The summed E-state index contributed by atoms with van der Waals surface area (Å²) >= 11 is 6.01. The predicted molar refractivity (Wildman–Crippen MR) is 53.6 cm³/mol. The standard InChI is InChI=1S/C9H13ClN2O2/c1-6(2)7-5-11-12(9(7)10)4-3-8(13)14/h5-6H,3-4H2,1-2H3,(H,13,14). The number of aliphatic carboxylic acids is 1. The molecule has 0 fully saturated rings. The molecule has 0 spiro atoms. The summed E-state index contributed by atoms with van der Waals surface area (Å²) in [5, 5.41) is 13.1. The molecule has 0 aliphatic carbocycles. The first-order valence-electron chi connectivity index (χ1n) is 4.45. The lowest BCUT2D eigenvalue weighted by atomic mass is 10.1. The lowest BCUT2D eigenvalue weighted by Gasteiger charge is -2.03. The zero-order valence-corrected chi connectivity index (χ0v) is 8.95. The minimum Gasteiger partial charge on any atom is -0.481 e. The molecule has 0 amide bonds. The van der Waals surface area contributed by atoms with E-state index in [-0.39, 0.29) is 6.42 Å². The van der Waals surface area contributed by atoms with Crippen LogP contribution in [0, 0.1) is 0 Å². The number of aromatic nitrogens is 2. The molecule has 0 saturated carbocycles. The molecule has 0 unspecified atom stereocenters. The second-order valence-electron chi connectivity index (χ2n) is 3.41. The summed E-state index contributed by atoms with van der Waals surface area (Å²) in [7, 11) is 0. The van der Waals surface area contributed by atoms with Crippen LogP contribution in [-0.2, 0) is 11.3 Å². The van der Waals surface area contributed by atoms with Gasteiger partial charge in [0.15, 0.2) is 0 Å². The van der Waals surface area contributed by atoms with Gasteiger partial charge in [-0.2, -0.15) is 5.10 Å². The lowest BCUT2D eigenvalue weighted by molar-refractivity contribution is -0.137. The van der Waals surface area contributed by atoms with Gasteiger partial charge in [0, 0.05) is 5.56 Å². The minimum absolute atomic E-state index is 0.0406. The van der Waals surface area contributed by atoms with Crippen LogP contribution in [0.2, 0.25) is 5.15 Å². The highest BCUT2D eigenvalue weighted by molar-refractivity contribution is 6.30. The Hall–Kier alpha value is -1.03. The van der Waals surface area contributed by atoms with Crippen molar-refractivity contribution in [3.63, 3.8) is 0 Å². The van der Waals surface area contributed by atoms with Crippen molar-refractivity contribution in [2.45, 2.75) is 32.7 Å². The normalized spacial score (nSPS) is 10.9. The van der Waals surface area contributed by atoms with Crippen molar-refractivity contribution in [3.8, 4) is 0 Å². The Morgan fingerprint density at radius 3 is 2.79 bits per heavy atom. The molecular formula is C9H13ClN2O2. The molecule has 4 nitrogen and oxygen atoms in total. The van der Waals surface area contributed by atoms with E-state index in [1.165, 1.54) is 4.68 Å². The Bertz CT molecular complexity index is 334. The van der Waals surface area contributed by atoms with E-state index in [2.05, 4.69) is 5.10 Å². The zero-order valence-electron chi connectivity index (χ0n) is 8.20. The third-order valence-corrected chi connectivity index (χ3v) is 2.37. The number of nitrogens with zero attached hydrogens (tertiary/aromatic N) is 2. The molecule has 0 aromatic carbocycles. The summed E-state index contributed by atoms with van der Waals surface area (Å²) in [5.41, 5.74) is 0.956. The number of carboxylic acid groups (broad SMARTS) is 1. The fourth-order valence-corrected chi connectivity index (χ4v) is 1.52. The van der Waals surface area contributed by atoms with Crippen molar-refractivity contribution in [2.24, 2.45) is 0 Å². The van der Waals surface area contributed by atoms with E-state index >= 15 is 0 Å². The number of carbonyl (C=O) groups is 1. The number of carboxylic acids is 1. The SMILES string of the molecule is CC(C)c1cnn(CCC(=O)O)c1Cl. The van der Waals surface area contributed by atoms with E-state index in [1.54, 1.807) is 6.20 Å². The van der Waals surface area contributed by atoms with Gasteiger partial charge in [0.05, 0.1) is 19.2 Å². The topological polar surface area (TPSA) is 55.1 Å². The predicted octanol–water partition coefficient (Wildman–Crippen LogP) is 2.13. The molecule has 14 heavy (non-hydrogen) atoms. The first kappa shape index (κ1) is 11.0. The molecule has 0 bridgehead atoms. The zero-order chi connectivity index (χ0) is 10.7. The molecule has 0 saturated heterocycles. The van der Waals surface area contributed by atoms with Crippen molar-refractivity contribution >= 4 is 17.6 Å². The van der Waals surface area contributed by atoms with Gasteiger partial charge >= 0.3 is 5.97 Å². The molecule has 0 aliphatic heterocycles. The minimum atomic E-state index is -0.845. The van der Waals surface area contributed by atoms with Gasteiger partial charge in [-0.1, -0.05) is 25.4 Å². The second-order valence-corrected chi connectivity index (χ2v) is 3.77. The fraction of sp³-hybridized carbons (Fsp3) is 0.556. The van der Waals surface area contributed by atoms with Crippen molar-refractivity contribution < 1.29 is 9.90 Å². The molecule has 1 N–H and O–H groups in total. The maximum absolute atomic E-state index is 10.3. The highest BCUT2D eigenvalue weighted by Crippen LogP contribution is 2.23. The fourth-order valence-electron chi connectivity index (χ4n) is 1.13. The van der Waals surface area contributed by atoms with Crippen LogP contribution < -0.4 is 0 Å². The van der Waals surface area contributed by atoms with Gasteiger partial charge in [0.1, 0.15) is 5.15 Å². The Morgan fingerprint density at radius 2 is 2.36 bits per heavy atom. The second kappa shape index (κ2) is 4.46. The maximum atomic E-state index is 10.3. The summed E-state index contributed by atoms with van der Waals surface area (Å²) < 4.78 is 1.52. The number of aryl methyl sites for hydroxylation is 1. The molecule has 1 aromatic rings. The molecule has 0 aliphatic rings. The van der Waals surface area contributed by atoms with Crippen LogP contribution in [0.3, 0.4) is 0 Å². The van der Waals surface area contributed by atoms with Gasteiger partial charge in [-0.05, 0) is 5.92 Å². The Kier molecular flexibility index (Phi) is 3.52. The van der Waals surface area contributed by atoms with Crippen molar-refractivity contribution in [1.82, 2.24) is 9.78 Å². The summed E-state index contributed by atoms with van der Waals surface area (Å²) in [6.45, 7) is 4.36. The monoisotopic (exact) mass is 216 g/mol. The highest BCUT2D eigenvalue weighted by atomic mass is 35.5. The van der Waals surface area contributed by atoms with Crippen LogP contribution in [0.15, 0.2) is 6.20 Å². The molecule has 78 valence electrons. The van der Waals surface area contributed by atoms with Crippen LogP contribution in [0.4, 0.5) is 0 Å². The van der Waals surface area contributed by atoms with Gasteiger partial charge in [-0.3, -0.25) is 9.48 Å². The first-order valence-corrected chi connectivity index (χ1v) is 4.83.